The number of hydrogen-bond donors (Lipinski definition) is 1. The van der Waals surface area contributed by atoms with Crippen molar-refractivity contribution in [3.8, 4) is 40.2 Å². The molecular weight excluding hydrogens is 460 g/mol. The first-order valence-electron chi connectivity index (χ1n) is 13.3. The van der Waals surface area contributed by atoms with Crippen LogP contribution in [0, 0.1) is 0 Å². The largest absolute Gasteiger partial charge is 0.504 e. The third-order valence-corrected chi connectivity index (χ3v) is 6.18. The van der Waals surface area contributed by atoms with Crippen LogP contribution in [0.1, 0.15) is 56.7 Å². The first-order valence-corrected chi connectivity index (χ1v) is 13.3. The Morgan fingerprint density at radius 3 is 1.32 bits per heavy atom. The van der Waals surface area contributed by atoms with Crippen LogP contribution in [0.2, 0.25) is 0 Å². The van der Waals surface area contributed by atoms with E-state index in [2.05, 4.69) is 32.9 Å². The molecule has 0 bridgehead atoms. The average Bonchev–Trinajstić information content (AvgIpc) is 2.91. The van der Waals surface area contributed by atoms with Crippen LogP contribution in [0.3, 0.4) is 0 Å². The molecule has 0 unspecified atom stereocenters. The van der Waals surface area contributed by atoms with Crippen LogP contribution in [0.15, 0.2) is 84.9 Å². The molecule has 0 heterocycles. The second-order valence-corrected chi connectivity index (χ2v) is 9.12. The van der Waals surface area contributed by atoms with E-state index >= 15 is 0 Å². The van der Waals surface area contributed by atoms with Gasteiger partial charge in [-0.25, -0.2) is 0 Å². The molecule has 0 atom stereocenters. The van der Waals surface area contributed by atoms with Crippen molar-refractivity contribution in [1.29, 1.82) is 0 Å². The van der Waals surface area contributed by atoms with Crippen LogP contribution < -0.4 is 14.2 Å². The SMILES string of the molecule is CCCc1ccccc1Oc1ccc(O)c(Oc2ccccc2CCC)c1Oc1ccccc1CCC. The van der Waals surface area contributed by atoms with Crippen LogP contribution in [-0.2, 0) is 19.3 Å². The van der Waals surface area contributed by atoms with E-state index in [1.807, 2.05) is 60.7 Å². The van der Waals surface area contributed by atoms with Gasteiger partial charge in [0.1, 0.15) is 17.2 Å². The lowest BCUT2D eigenvalue weighted by atomic mass is 10.1. The predicted octanol–water partition coefficient (Wildman–Crippen LogP) is 9.63. The average molecular weight is 497 g/mol. The zero-order valence-electron chi connectivity index (χ0n) is 22.0. The van der Waals surface area contributed by atoms with Gasteiger partial charge < -0.3 is 19.3 Å². The minimum atomic E-state index is -0.0107. The lowest BCUT2D eigenvalue weighted by molar-refractivity contribution is 0.359. The number of aryl methyl sites for hydroxylation is 3. The second kappa shape index (κ2) is 12.9. The third-order valence-electron chi connectivity index (χ3n) is 6.18. The van der Waals surface area contributed by atoms with Gasteiger partial charge in [0.2, 0.25) is 11.5 Å². The highest BCUT2D eigenvalue weighted by Gasteiger charge is 2.22. The molecule has 4 aromatic rings. The molecule has 4 nitrogen and oxygen atoms in total. The fourth-order valence-electron chi connectivity index (χ4n) is 4.39. The number of phenols is 1. The van der Waals surface area contributed by atoms with Crippen molar-refractivity contribution in [2.24, 2.45) is 0 Å². The molecule has 0 aliphatic carbocycles. The van der Waals surface area contributed by atoms with E-state index < -0.39 is 0 Å². The summed E-state index contributed by atoms with van der Waals surface area (Å²) in [4.78, 5) is 0. The zero-order chi connectivity index (χ0) is 26.0. The van der Waals surface area contributed by atoms with E-state index in [9.17, 15) is 5.11 Å². The van der Waals surface area contributed by atoms with Gasteiger partial charge in [-0.15, -0.1) is 0 Å². The Balaban J connectivity index is 1.83. The molecule has 0 radical (unpaired) electrons. The van der Waals surface area contributed by atoms with Crippen molar-refractivity contribution in [3.63, 3.8) is 0 Å². The maximum absolute atomic E-state index is 11.0. The van der Waals surface area contributed by atoms with Gasteiger partial charge in [0.25, 0.3) is 0 Å². The Morgan fingerprint density at radius 1 is 0.459 bits per heavy atom. The minimum Gasteiger partial charge on any atom is -0.504 e. The fourth-order valence-corrected chi connectivity index (χ4v) is 4.39. The summed E-state index contributed by atoms with van der Waals surface area (Å²) >= 11 is 0. The molecule has 192 valence electrons. The van der Waals surface area contributed by atoms with Gasteiger partial charge in [-0.3, -0.25) is 0 Å². The highest BCUT2D eigenvalue weighted by molar-refractivity contribution is 5.62. The molecule has 37 heavy (non-hydrogen) atoms. The summed E-state index contributed by atoms with van der Waals surface area (Å²) in [5.41, 5.74) is 3.27. The van der Waals surface area contributed by atoms with E-state index in [0.717, 1.165) is 61.0 Å². The number of aromatic hydroxyl groups is 1. The van der Waals surface area contributed by atoms with Gasteiger partial charge in [-0.2, -0.15) is 0 Å². The number of ether oxygens (including phenoxy) is 3. The number of rotatable bonds is 12. The first-order chi connectivity index (χ1) is 18.1. The molecule has 0 aliphatic heterocycles. The molecule has 0 spiro atoms. The Labute approximate surface area is 220 Å². The highest BCUT2D eigenvalue weighted by Crippen LogP contribution is 2.50. The van der Waals surface area contributed by atoms with Crippen molar-refractivity contribution >= 4 is 0 Å². The van der Waals surface area contributed by atoms with Gasteiger partial charge in [0.05, 0.1) is 0 Å². The number of benzene rings is 4. The quantitative estimate of drug-likeness (QED) is 0.212. The molecule has 0 amide bonds. The van der Waals surface area contributed by atoms with E-state index in [4.69, 9.17) is 14.2 Å². The van der Waals surface area contributed by atoms with Crippen LogP contribution in [0.4, 0.5) is 0 Å². The second-order valence-electron chi connectivity index (χ2n) is 9.12. The first kappa shape index (κ1) is 26.2. The van der Waals surface area contributed by atoms with E-state index in [1.54, 1.807) is 12.1 Å². The molecule has 1 N–H and O–H groups in total. The van der Waals surface area contributed by atoms with Crippen LogP contribution >= 0.6 is 0 Å². The maximum atomic E-state index is 11.0. The topological polar surface area (TPSA) is 47.9 Å². The standard InChI is InChI=1S/C33H36O4/c1-4-13-24-16-7-10-19-28(24)35-31-23-22-27(34)32(36-29-20-11-8-17-25(29)14-5-2)33(31)37-30-21-12-9-18-26(30)15-6-3/h7-12,16-23,34H,4-6,13-15H2,1-3H3. The summed E-state index contributed by atoms with van der Waals surface area (Å²) < 4.78 is 19.4. The lowest BCUT2D eigenvalue weighted by Crippen LogP contribution is -1.99. The van der Waals surface area contributed by atoms with E-state index in [0.29, 0.717) is 23.0 Å². The van der Waals surface area contributed by atoms with Crippen molar-refractivity contribution in [2.45, 2.75) is 59.3 Å². The number of hydrogen-bond acceptors (Lipinski definition) is 4. The third kappa shape index (κ3) is 6.45. The monoisotopic (exact) mass is 496 g/mol. The molecule has 0 aromatic heterocycles. The molecule has 0 saturated carbocycles. The van der Waals surface area contributed by atoms with Crippen LogP contribution in [0.25, 0.3) is 0 Å². The Kier molecular flexibility index (Phi) is 9.09. The van der Waals surface area contributed by atoms with Gasteiger partial charge >= 0.3 is 0 Å². The van der Waals surface area contributed by atoms with E-state index in [-0.39, 0.29) is 11.5 Å². The highest BCUT2D eigenvalue weighted by atomic mass is 16.5. The summed E-state index contributed by atoms with van der Waals surface area (Å²) in [6, 6.07) is 27.2. The van der Waals surface area contributed by atoms with Crippen molar-refractivity contribution in [3.05, 3.63) is 102 Å². The molecule has 0 aliphatic rings. The van der Waals surface area contributed by atoms with Gasteiger partial charge in [0.15, 0.2) is 11.5 Å². The molecule has 0 saturated heterocycles. The number of para-hydroxylation sites is 3. The summed E-state index contributed by atoms with van der Waals surface area (Å²) in [5, 5.41) is 11.0. The fraction of sp³-hybridized carbons (Fsp3) is 0.273. The van der Waals surface area contributed by atoms with Gasteiger partial charge in [-0.1, -0.05) is 94.6 Å². The Bertz CT molecular complexity index is 1310. The van der Waals surface area contributed by atoms with Gasteiger partial charge in [0, 0.05) is 0 Å². The molecule has 0 fully saturated rings. The summed E-state index contributed by atoms with van der Waals surface area (Å²) in [6.07, 6.45) is 5.62. The van der Waals surface area contributed by atoms with Crippen molar-refractivity contribution in [2.75, 3.05) is 0 Å². The summed E-state index contributed by atoms with van der Waals surface area (Å²) in [7, 11) is 0. The van der Waals surface area contributed by atoms with E-state index in [1.165, 1.54) is 0 Å². The molecule has 4 rings (SSSR count). The molecule has 4 heteroatoms. The van der Waals surface area contributed by atoms with Crippen LogP contribution in [-0.4, -0.2) is 5.11 Å². The minimum absolute atomic E-state index is 0.0107. The van der Waals surface area contributed by atoms with Gasteiger partial charge in [-0.05, 0) is 66.3 Å². The summed E-state index contributed by atoms with van der Waals surface area (Å²) in [5.74, 6) is 3.22. The Morgan fingerprint density at radius 2 is 0.865 bits per heavy atom. The molecular formula is C33H36O4. The normalized spacial score (nSPS) is 10.8. The van der Waals surface area contributed by atoms with Crippen molar-refractivity contribution in [1.82, 2.24) is 0 Å². The lowest BCUT2D eigenvalue weighted by Gasteiger charge is -2.20. The summed E-state index contributed by atoms with van der Waals surface area (Å²) in [6.45, 7) is 6.43. The Hall–Kier alpha value is -3.92. The molecule has 4 aromatic carbocycles. The predicted molar refractivity (Wildman–Crippen MR) is 150 cm³/mol. The maximum Gasteiger partial charge on any atom is 0.216 e. The van der Waals surface area contributed by atoms with Crippen LogP contribution in [0.5, 0.6) is 40.2 Å². The zero-order valence-corrected chi connectivity index (χ0v) is 22.0. The number of phenolic OH excluding ortho intramolecular Hbond substituents is 1. The van der Waals surface area contributed by atoms with Crippen molar-refractivity contribution < 1.29 is 19.3 Å². The smallest absolute Gasteiger partial charge is 0.216 e.